The molecule has 26 heavy (non-hydrogen) atoms. The molecule has 3 aromatic rings. The summed E-state index contributed by atoms with van der Waals surface area (Å²) in [6, 6.07) is 15.4. The fourth-order valence-electron chi connectivity index (χ4n) is 2.40. The maximum Gasteiger partial charge on any atom is 0.248 e. The third-order valence-electron chi connectivity index (χ3n) is 3.82. The summed E-state index contributed by atoms with van der Waals surface area (Å²) in [5, 5.41) is 3.17. The van der Waals surface area contributed by atoms with Crippen molar-refractivity contribution < 1.29 is 9.47 Å². The number of nitrogens with two attached hydrogens (primary N) is 1. The number of aromatic nitrogens is 2. The highest BCUT2D eigenvalue weighted by molar-refractivity contribution is 5.72. The zero-order valence-electron chi connectivity index (χ0n) is 14.9. The van der Waals surface area contributed by atoms with Gasteiger partial charge in [-0.25, -0.2) is 4.98 Å². The number of anilines is 3. The summed E-state index contributed by atoms with van der Waals surface area (Å²) in [7, 11) is 0. The van der Waals surface area contributed by atoms with Gasteiger partial charge < -0.3 is 20.5 Å². The predicted octanol–water partition coefficient (Wildman–Crippen LogP) is 4.56. The average Bonchev–Trinajstić information content (AvgIpc) is 2.67. The monoisotopic (exact) mass is 350 g/mol. The van der Waals surface area contributed by atoms with E-state index in [1.807, 2.05) is 55.5 Å². The Morgan fingerprint density at radius 3 is 2.27 bits per heavy atom. The second-order valence-electron chi connectivity index (χ2n) is 5.62. The molecule has 0 fully saturated rings. The second kappa shape index (κ2) is 8.20. The number of hydrogen-bond donors (Lipinski definition) is 2. The molecule has 134 valence electrons. The fourth-order valence-corrected chi connectivity index (χ4v) is 2.40. The van der Waals surface area contributed by atoms with Crippen LogP contribution < -0.4 is 20.5 Å². The normalized spacial score (nSPS) is 10.4. The molecule has 1 heterocycles. The highest BCUT2D eigenvalue weighted by Crippen LogP contribution is 2.31. The van der Waals surface area contributed by atoms with Gasteiger partial charge in [-0.3, -0.25) is 0 Å². The Hall–Kier alpha value is -3.28. The summed E-state index contributed by atoms with van der Waals surface area (Å²) >= 11 is 0. The summed E-state index contributed by atoms with van der Waals surface area (Å²) in [5.74, 6) is 2.30. The molecule has 0 aliphatic rings. The highest BCUT2D eigenvalue weighted by atomic mass is 16.5. The molecule has 0 bridgehead atoms. The van der Waals surface area contributed by atoms with Crippen LogP contribution in [-0.4, -0.2) is 16.6 Å². The van der Waals surface area contributed by atoms with Gasteiger partial charge in [0.25, 0.3) is 0 Å². The van der Waals surface area contributed by atoms with Crippen LogP contribution in [0.4, 0.5) is 17.2 Å². The van der Waals surface area contributed by atoms with Crippen molar-refractivity contribution in [3.8, 4) is 17.4 Å². The lowest BCUT2D eigenvalue weighted by Gasteiger charge is -2.12. The summed E-state index contributed by atoms with van der Waals surface area (Å²) in [4.78, 5) is 8.34. The van der Waals surface area contributed by atoms with Crippen molar-refractivity contribution in [1.29, 1.82) is 0 Å². The van der Waals surface area contributed by atoms with E-state index in [2.05, 4.69) is 22.2 Å². The molecule has 3 N–H and O–H groups in total. The van der Waals surface area contributed by atoms with Crippen LogP contribution in [0.5, 0.6) is 17.4 Å². The smallest absolute Gasteiger partial charge is 0.248 e. The number of aryl methyl sites for hydroxylation is 1. The molecule has 6 nitrogen and oxygen atoms in total. The number of hydrogen-bond acceptors (Lipinski definition) is 6. The standard InChI is InChI=1S/C20H22N4O2/c1-3-14-5-9-17(10-6-14)26-20-18(21)19(22-13-23-20)24-15-7-11-16(12-8-15)25-4-2/h5-13H,3-4,21H2,1-2H3,(H,22,23,24). The summed E-state index contributed by atoms with van der Waals surface area (Å²) in [5.41, 5.74) is 8.61. The summed E-state index contributed by atoms with van der Waals surface area (Å²) in [6.07, 6.45) is 2.40. The zero-order chi connectivity index (χ0) is 18.4. The molecule has 0 aliphatic heterocycles. The van der Waals surface area contributed by atoms with Crippen LogP contribution in [-0.2, 0) is 6.42 Å². The summed E-state index contributed by atoms with van der Waals surface area (Å²) in [6.45, 7) is 4.69. The molecule has 1 aromatic heterocycles. The van der Waals surface area contributed by atoms with Gasteiger partial charge in [0.1, 0.15) is 23.5 Å². The van der Waals surface area contributed by atoms with Crippen LogP contribution in [0.1, 0.15) is 19.4 Å². The first-order chi connectivity index (χ1) is 12.7. The van der Waals surface area contributed by atoms with Gasteiger partial charge in [-0.2, -0.15) is 4.98 Å². The second-order valence-corrected chi connectivity index (χ2v) is 5.62. The first-order valence-electron chi connectivity index (χ1n) is 8.56. The van der Waals surface area contributed by atoms with Crippen molar-refractivity contribution in [1.82, 2.24) is 9.97 Å². The van der Waals surface area contributed by atoms with E-state index in [9.17, 15) is 0 Å². The zero-order valence-corrected chi connectivity index (χ0v) is 14.9. The molecule has 0 spiro atoms. The molecule has 6 heteroatoms. The first-order valence-corrected chi connectivity index (χ1v) is 8.56. The van der Waals surface area contributed by atoms with Crippen molar-refractivity contribution in [2.75, 3.05) is 17.7 Å². The molecule has 2 aromatic carbocycles. The molecular formula is C20H22N4O2. The van der Waals surface area contributed by atoms with Crippen LogP contribution >= 0.6 is 0 Å². The maximum absolute atomic E-state index is 6.18. The van der Waals surface area contributed by atoms with Gasteiger partial charge in [-0.15, -0.1) is 0 Å². The topological polar surface area (TPSA) is 82.3 Å². The van der Waals surface area contributed by atoms with Crippen LogP contribution in [0.15, 0.2) is 54.9 Å². The van der Waals surface area contributed by atoms with Crippen LogP contribution in [0.3, 0.4) is 0 Å². The van der Waals surface area contributed by atoms with Gasteiger partial charge in [-0.05, 0) is 55.3 Å². The van der Waals surface area contributed by atoms with Crippen molar-refractivity contribution in [3.63, 3.8) is 0 Å². The number of rotatable bonds is 7. The van der Waals surface area contributed by atoms with Crippen molar-refractivity contribution in [2.45, 2.75) is 20.3 Å². The Morgan fingerprint density at radius 1 is 0.923 bits per heavy atom. The first kappa shape index (κ1) is 17.5. The van der Waals surface area contributed by atoms with Crippen LogP contribution in [0, 0.1) is 0 Å². The quantitative estimate of drug-likeness (QED) is 0.650. The van der Waals surface area contributed by atoms with Crippen LogP contribution in [0.25, 0.3) is 0 Å². The Bertz CT molecular complexity index is 849. The van der Waals surface area contributed by atoms with Crippen molar-refractivity contribution in [2.24, 2.45) is 0 Å². The minimum Gasteiger partial charge on any atom is -0.494 e. The van der Waals surface area contributed by atoms with E-state index < -0.39 is 0 Å². The van der Waals surface area contributed by atoms with Gasteiger partial charge in [-0.1, -0.05) is 19.1 Å². The molecule has 0 aliphatic carbocycles. The molecule has 0 saturated heterocycles. The summed E-state index contributed by atoms with van der Waals surface area (Å²) < 4.78 is 11.2. The van der Waals surface area contributed by atoms with E-state index in [1.54, 1.807) is 0 Å². The molecule has 0 amide bonds. The van der Waals surface area contributed by atoms with Crippen molar-refractivity contribution >= 4 is 17.2 Å². The number of nitrogens with zero attached hydrogens (tertiary/aromatic N) is 2. The lowest BCUT2D eigenvalue weighted by atomic mass is 10.2. The molecular weight excluding hydrogens is 328 g/mol. The third kappa shape index (κ3) is 4.22. The van der Waals surface area contributed by atoms with E-state index >= 15 is 0 Å². The Morgan fingerprint density at radius 2 is 1.62 bits per heavy atom. The van der Waals surface area contributed by atoms with Gasteiger partial charge in [0.15, 0.2) is 5.82 Å². The number of nitrogens with one attached hydrogen (secondary N) is 1. The Kier molecular flexibility index (Phi) is 5.53. The average molecular weight is 350 g/mol. The fraction of sp³-hybridized carbons (Fsp3) is 0.200. The number of ether oxygens (including phenoxy) is 2. The molecule has 3 rings (SSSR count). The molecule has 0 atom stereocenters. The lowest BCUT2D eigenvalue weighted by molar-refractivity contribution is 0.340. The lowest BCUT2D eigenvalue weighted by Crippen LogP contribution is -2.03. The molecule has 0 unspecified atom stereocenters. The van der Waals surface area contributed by atoms with E-state index in [4.69, 9.17) is 15.2 Å². The van der Waals surface area contributed by atoms with Gasteiger partial charge >= 0.3 is 0 Å². The highest BCUT2D eigenvalue weighted by Gasteiger charge is 2.11. The molecule has 0 saturated carbocycles. The van der Waals surface area contributed by atoms with E-state index in [-0.39, 0.29) is 0 Å². The third-order valence-corrected chi connectivity index (χ3v) is 3.82. The van der Waals surface area contributed by atoms with E-state index in [0.29, 0.717) is 29.7 Å². The Balaban J connectivity index is 1.75. The van der Waals surface area contributed by atoms with E-state index in [0.717, 1.165) is 17.9 Å². The number of benzene rings is 2. The largest absolute Gasteiger partial charge is 0.494 e. The van der Waals surface area contributed by atoms with Crippen molar-refractivity contribution in [3.05, 3.63) is 60.4 Å². The predicted molar refractivity (Wildman–Crippen MR) is 103 cm³/mol. The maximum atomic E-state index is 6.18. The SMILES string of the molecule is CCOc1ccc(Nc2ncnc(Oc3ccc(CC)cc3)c2N)cc1. The Labute approximate surface area is 153 Å². The van der Waals surface area contributed by atoms with Gasteiger partial charge in [0, 0.05) is 5.69 Å². The van der Waals surface area contributed by atoms with Crippen LogP contribution in [0.2, 0.25) is 0 Å². The molecule has 0 radical (unpaired) electrons. The van der Waals surface area contributed by atoms with Gasteiger partial charge in [0.2, 0.25) is 5.88 Å². The minimum absolute atomic E-state index is 0.317. The van der Waals surface area contributed by atoms with E-state index in [1.165, 1.54) is 11.9 Å². The number of nitrogen functional groups attached to an aromatic ring is 1. The minimum atomic E-state index is 0.317. The van der Waals surface area contributed by atoms with Gasteiger partial charge in [0.05, 0.1) is 6.61 Å².